The van der Waals surface area contributed by atoms with Crippen molar-refractivity contribution < 1.29 is 0 Å². The number of hydrogen-bond acceptors (Lipinski definition) is 1. The molecule has 1 aromatic rings. The van der Waals surface area contributed by atoms with Crippen LogP contribution in [0.2, 0.25) is 0 Å². The van der Waals surface area contributed by atoms with Gasteiger partial charge in [-0.05, 0) is 30.7 Å². The fourth-order valence-electron chi connectivity index (χ4n) is 2.26. The van der Waals surface area contributed by atoms with Crippen LogP contribution in [0.25, 0.3) is 0 Å². The van der Waals surface area contributed by atoms with Gasteiger partial charge in [0.25, 0.3) is 0 Å². The summed E-state index contributed by atoms with van der Waals surface area (Å²) in [6.07, 6.45) is 4.99. The lowest BCUT2D eigenvalue weighted by Crippen LogP contribution is -2.26. The molecule has 0 aliphatic heterocycles. The summed E-state index contributed by atoms with van der Waals surface area (Å²) in [4.78, 5) is 0. The quantitative estimate of drug-likeness (QED) is 0.759. The van der Waals surface area contributed by atoms with Gasteiger partial charge in [-0.25, -0.2) is 0 Å². The fourth-order valence-corrected chi connectivity index (χ4v) is 2.26. The van der Waals surface area contributed by atoms with Crippen LogP contribution >= 0.6 is 12.4 Å². The van der Waals surface area contributed by atoms with Crippen molar-refractivity contribution in [2.75, 3.05) is 0 Å². The molecular weight excluding hydrogens is 194 g/mol. The Kier molecular flexibility index (Phi) is 4.43. The molecule has 0 aromatic heterocycles. The van der Waals surface area contributed by atoms with Gasteiger partial charge in [-0.2, -0.15) is 0 Å². The molecule has 0 bridgehead atoms. The van der Waals surface area contributed by atoms with Crippen LogP contribution in [0.1, 0.15) is 37.2 Å². The first-order valence-electron chi connectivity index (χ1n) is 5.17. The Morgan fingerprint density at radius 2 is 1.79 bits per heavy atom. The zero-order chi connectivity index (χ0) is 9.10. The molecule has 2 heteroatoms. The van der Waals surface area contributed by atoms with Gasteiger partial charge in [0.2, 0.25) is 0 Å². The number of halogens is 1. The first-order chi connectivity index (χ1) is 6.36. The highest BCUT2D eigenvalue weighted by molar-refractivity contribution is 5.85. The van der Waals surface area contributed by atoms with Crippen molar-refractivity contribution in [3.8, 4) is 0 Å². The van der Waals surface area contributed by atoms with Crippen molar-refractivity contribution >= 4 is 12.4 Å². The standard InChI is InChI=1S/C12H17N.ClH/c13-12-8-4-7-11(9-12)10-5-2-1-3-6-10;/h1-3,5-6,11-12H,4,7-9,13H2;1H/t11-,12+;/m1./s1. The first kappa shape index (κ1) is 11.5. The molecule has 0 spiro atoms. The van der Waals surface area contributed by atoms with Crippen LogP contribution in [-0.2, 0) is 0 Å². The van der Waals surface area contributed by atoms with Crippen LogP contribution in [0.5, 0.6) is 0 Å². The first-order valence-corrected chi connectivity index (χ1v) is 5.17. The van der Waals surface area contributed by atoms with E-state index in [4.69, 9.17) is 5.73 Å². The molecule has 2 N–H and O–H groups in total. The summed E-state index contributed by atoms with van der Waals surface area (Å²) in [7, 11) is 0. The van der Waals surface area contributed by atoms with E-state index < -0.39 is 0 Å². The smallest absolute Gasteiger partial charge is 0.00446 e. The second-order valence-electron chi connectivity index (χ2n) is 4.03. The minimum absolute atomic E-state index is 0. The van der Waals surface area contributed by atoms with E-state index in [1.165, 1.54) is 31.2 Å². The molecule has 0 radical (unpaired) electrons. The van der Waals surface area contributed by atoms with Crippen LogP contribution < -0.4 is 5.73 Å². The third kappa shape index (κ3) is 2.73. The number of nitrogens with two attached hydrogens (primary N) is 1. The molecule has 1 aromatic carbocycles. The van der Waals surface area contributed by atoms with Gasteiger partial charge in [0, 0.05) is 6.04 Å². The molecule has 1 fully saturated rings. The maximum Gasteiger partial charge on any atom is 0.00446 e. The van der Waals surface area contributed by atoms with E-state index in [0.717, 1.165) is 0 Å². The second kappa shape index (κ2) is 5.38. The predicted molar refractivity (Wildman–Crippen MR) is 62.9 cm³/mol. The molecule has 0 heterocycles. The summed E-state index contributed by atoms with van der Waals surface area (Å²) in [5, 5.41) is 0. The molecule has 14 heavy (non-hydrogen) atoms. The van der Waals surface area contributed by atoms with Gasteiger partial charge < -0.3 is 5.73 Å². The highest BCUT2D eigenvalue weighted by Gasteiger charge is 2.19. The van der Waals surface area contributed by atoms with Crippen LogP contribution in [0.4, 0.5) is 0 Å². The van der Waals surface area contributed by atoms with E-state index in [0.29, 0.717) is 12.0 Å². The Bertz CT molecular complexity index is 260. The molecule has 1 aliphatic carbocycles. The van der Waals surface area contributed by atoms with Gasteiger partial charge in [-0.15, -0.1) is 12.4 Å². The minimum Gasteiger partial charge on any atom is -0.328 e. The molecular formula is C12H18ClN. The second-order valence-corrected chi connectivity index (χ2v) is 4.03. The lowest BCUT2D eigenvalue weighted by atomic mass is 9.82. The van der Waals surface area contributed by atoms with Gasteiger partial charge in [0.05, 0.1) is 0 Å². The summed E-state index contributed by atoms with van der Waals surface area (Å²) in [6, 6.07) is 11.2. The van der Waals surface area contributed by atoms with Crippen molar-refractivity contribution in [1.29, 1.82) is 0 Å². The average Bonchev–Trinajstić information content (AvgIpc) is 2.19. The van der Waals surface area contributed by atoms with E-state index in [-0.39, 0.29) is 12.4 Å². The van der Waals surface area contributed by atoms with Crippen molar-refractivity contribution in [2.24, 2.45) is 5.73 Å². The van der Waals surface area contributed by atoms with Crippen LogP contribution in [0.15, 0.2) is 30.3 Å². The topological polar surface area (TPSA) is 26.0 Å². The van der Waals surface area contributed by atoms with Crippen LogP contribution in [-0.4, -0.2) is 6.04 Å². The number of hydrogen-bond donors (Lipinski definition) is 1. The molecule has 78 valence electrons. The van der Waals surface area contributed by atoms with Crippen LogP contribution in [0.3, 0.4) is 0 Å². The summed E-state index contributed by atoms with van der Waals surface area (Å²) in [6.45, 7) is 0. The lowest BCUT2D eigenvalue weighted by molar-refractivity contribution is 0.393. The Labute approximate surface area is 92.1 Å². The number of benzene rings is 1. The zero-order valence-corrected chi connectivity index (χ0v) is 9.17. The third-order valence-corrected chi connectivity index (χ3v) is 2.99. The van der Waals surface area contributed by atoms with Crippen LogP contribution in [0, 0.1) is 0 Å². The molecule has 2 atom stereocenters. The lowest BCUT2D eigenvalue weighted by Gasteiger charge is -2.26. The molecule has 0 amide bonds. The van der Waals surface area contributed by atoms with E-state index in [1.54, 1.807) is 0 Å². The maximum atomic E-state index is 5.96. The molecule has 1 saturated carbocycles. The van der Waals surface area contributed by atoms with Gasteiger partial charge >= 0.3 is 0 Å². The molecule has 1 aliphatic rings. The van der Waals surface area contributed by atoms with Gasteiger partial charge in [0.15, 0.2) is 0 Å². The predicted octanol–water partition coefficient (Wildman–Crippen LogP) is 3.09. The van der Waals surface area contributed by atoms with Gasteiger partial charge in [-0.1, -0.05) is 36.8 Å². The maximum absolute atomic E-state index is 5.96. The molecule has 0 saturated heterocycles. The Morgan fingerprint density at radius 1 is 1.07 bits per heavy atom. The normalized spacial score (nSPS) is 26.6. The highest BCUT2D eigenvalue weighted by Crippen LogP contribution is 2.31. The zero-order valence-electron chi connectivity index (χ0n) is 8.36. The van der Waals surface area contributed by atoms with E-state index in [2.05, 4.69) is 30.3 Å². The SMILES string of the molecule is Cl.N[C@H]1CCC[C@@H](c2ccccc2)C1. The van der Waals surface area contributed by atoms with Crippen molar-refractivity contribution in [1.82, 2.24) is 0 Å². The Hall–Kier alpha value is -0.530. The van der Waals surface area contributed by atoms with E-state index in [1.807, 2.05) is 0 Å². The summed E-state index contributed by atoms with van der Waals surface area (Å²) < 4.78 is 0. The minimum atomic E-state index is 0. The fraction of sp³-hybridized carbons (Fsp3) is 0.500. The van der Waals surface area contributed by atoms with Crippen molar-refractivity contribution in [2.45, 2.75) is 37.6 Å². The molecule has 1 nitrogen and oxygen atoms in total. The average molecular weight is 212 g/mol. The Morgan fingerprint density at radius 3 is 2.43 bits per heavy atom. The molecule has 0 unspecified atom stereocenters. The molecule has 2 rings (SSSR count). The van der Waals surface area contributed by atoms with Gasteiger partial charge in [0.1, 0.15) is 0 Å². The van der Waals surface area contributed by atoms with E-state index in [9.17, 15) is 0 Å². The third-order valence-electron chi connectivity index (χ3n) is 2.99. The summed E-state index contributed by atoms with van der Waals surface area (Å²) >= 11 is 0. The monoisotopic (exact) mass is 211 g/mol. The Balaban J connectivity index is 0.000000980. The highest BCUT2D eigenvalue weighted by atomic mass is 35.5. The van der Waals surface area contributed by atoms with Crippen molar-refractivity contribution in [3.05, 3.63) is 35.9 Å². The number of rotatable bonds is 1. The summed E-state index contributed by atoms with van der Waals surface area (Å²) in [5.74, 6) is 0.713. The van der Waals surface area contributed by atoms with E-state index >= 15 is 0 Å². The largest absolute Gasteiger partial charge is 0.328 e. The van der Waals surface area contributed by atoms with Crippen molar-refractivity contribution in [3.63, 3.8) is 0 Å². The van der Waals surface area contributed by atoms with Gasteiger partial charge in [-0.3, -0.25) is 0 Å². The summed E-state index contributed by atoms with van der Waals surface area (Å²) in [5.41, 5.74) is 7.43.